The molecule has 0 spiro atoms. The van der Waals surface area contributed by atoms with Crippen molar-refractivity contribution in [2.75, 3.05) is 39.3 Å². The van der Waals surface area contributed by atoms with Crippen LogP contribution in [-0.4, -0.2) is 60.3 Å². The predicted molar refractivity (Wildman–Crippen MR) is 73.2 cm³/mol. The molecule has 1 unspecified atom stereocenters. The van der Waals surface area contributed by atoms with Gasteiger partial charge in [0.05, 0.1) is 6.10 Å². The summed E-state index contributed by atoms with van der Waals surface area (Å²) in [7, 11) is 0. The van der Waals surface area contributed by atoms with E-state index < -0.39 is 0 Å². The highest BCUT2D eigenvalue weighted by atomic mass is 16.3. The van der Waals surface area contributed by atoms with E-state index in [4.69, 9.17) is 0 Å². The van der Waals surface area contributed by atoms with Gasteiger partial charge in [0.15, 0.2) is 0 Å². The van der Waals surface area contributed by atoms with E-state index >= 15 is 0 Å². The molecule has 3 heteroatoms. The van der Waals surface area contributed by atoms with E-state index in [0.717, 1.165) is 31.7 Å². The summed E-state index contributed by atoms with van der Waals surface area (Å²) in [6, 6.07) is 0. The van der Waals surface area contributed by atoms with Crippen LogP contribution >= 0.6 is 0 Å². The Kier molecular flexibility index (Phi) is 7.09. The minimum absolute atomic E-state index is 0.0859. The molecule has 0 aromatic carbocycles. The van der Waals surface area contributed by atoms with Gasteiger partial charge >= 0.3 is 0 Å². The normalized spacial score (nSPS) is 21.0. The van der Waals surface area contributed by atoms with E-state index in [-0.39, 0.29) is 6.10 Å². The Morgan fingerprint density at radius 2 is 1.65 bits per heavy atom. The number of aliphatic hydroxyl groups is 1. The van der Waals surface area contributed by atoms with Gasteiger partial charge in [-0.2, -0.15) is 0 Å². The molecular weight excluding hydrogens is 212 g/mol. The predicted octanol–water partition coefficient (Wildman–Crippen LogP) is 1.81. The van der Waals surface area contributed by atoms with Gasteiger partial charge in [-0.3, -0.25) is 0 Å². The van der Waals surface area contributed by atoms with E-state index in [1.54, 1.807) is 0 Å². The Morgan fingerprint density at radius 1 is 1.06 bits per heavy atom. The highest BCUT2D eigenvalue weighted by Crippen LogP contribution is 2.07. The van der Waals surface area contributed by atoms with E-state index in [2.05, 4.69) is 30.6 Å². The fraction of sp³-hybridized carbons (Fsp3) is 1.00. The number of hydrogen-bond acceptors (Lipinski definition) is 3. The molecule has 0 aromatic rings. The molecule has 0 radical (unpaired) electrons. The topological polar surface area (TPSA) is 26.7 Å². The number of piperazine rings is 1. The molecule has 1 aliphatic heterocycles. The summed E-state index contributed by atoms with van der Waals surface area (Å²) in [5.74, 6) is 0.779. The van der Waals surface area contributed by atoms with Crippen LogP contribution in [0.25, 0.3) is 0 Å². The van der Waals surface area contributed by atoms with E-state index in [9.17, 15) is 5.11 Å². The van der Waals surface area contributed by atoms with Crippen LogP contribution in [0.5, 0.6) is 0 Å². The molecule has 1 heterocycles. The molecule has 0 aromatic heterocycles. The standard InChI is InChI=1S/C14H30N2O/c1-4-14(17)6-5-7-15-8-10-16(11-9-15)12-13(2)3/h13-14,17H,4-12H2,1-3H3. The highest BCUT2D eigenvalue weighted by Gasteiger charge is 2.16. The molecule has 102 valence electrons. The summed E-state index contributed by atoms with van der Waals surface area (Å²) < 4.78 is 0. The molecule has 0 amide bonds. The maximum Gasteiger partial charge on any atom is 0.0538 e. The van der Waals surface area contributed by atoms with Crippen molar-refractivity contribution in [2.24, 2.45) is 5.92 Å². The number of aliphatic hydroxyl groups excluding tert-OH is 1. The molecule has 1 aliphatic rings. The molecule has 1 saturated heterocycles. The van der Waals surface area contributed by atoms with Crippen molar-refractivity contribution >= 4 is 0 Å². The van der Waals surface area contributed by atoms with E-state index in [1.807, 2.05) is 0 Å². The zero-order valence-corrected chi connectivity index (χ0v) is 11.9. The first-order chi connectivity index (χ1) is 8.11. The zero-order valence-electron chi connectivity index (χ0n) is 11.9. The molecule has 1 N–H and O–H groups in total. The summed E-state index contributed by atoms with van der Waals surface area (Å²) in [6.07, 6.45) is 2.90. The van der Waals surface area contributed by atoms with Crippen LogP contribution in [0.15, 0.2) is 0 Å². The van der Waals surface area contributed by atoms with Gasteiger partial charge in [0.2, 0.25) is 0 Å². The summed E-state index contributed by atoms with van der Waals surface area (Å²) >= 11 is 0. The Labute approximate surface area is 107 Å². The average Bonchev–Trinajstić information content (AvgIpc) is 2.30. The first kappa shape index (κ1) is 14.9. The lowest BCUT2D eigenvalue weighted by atomic mass is 10.1. The lowest BCUT2D eigenvalue weighted by Crippen LogP contribution is -2.47. The van der Waals surface area contributed by atoms with Crippen molar-refractivity contribution in [3.05, 3.63) is 0 Å². The second-order valence-corrected chi connectivity index (χ2v) is 5.74. The maximum atomic E-state index is 9.50. The third-order valence-electron chi connectivity index (χ3n) is 3.57. The number of rotatable bonds is 7. The van der Waals surface area contributed by atoms with Crippen LogP contribution in [0.2, 0.25) is 0 Å². The molecule has 1 rings (SSSR count). The van der Waals surface area contributed by atoms with Crippen molar-refractivity contribution in [3.63, 3.8) is 0 Å². The van der Waals surface area contributed by atoms with Crippen molar-refractivity contribution in [1.82, 2.24) is 9.80 Å². The Hall–Kier alpha value is -0.120. The van der Waals surface area contributed by atoms with Crippen LogP contribution in [0, 0.1) is 5.92 Å². The van der Waals surface area contributed by atoms with Crippen LogP contribution < -0.4 is 0 Å². The van der Waals surface area contributed by atoms with Gasteiger partial charge in [-0.05, 0) is 31.7 Å². The van der Waals surface area contributed by atoms with Gasteiger partial charge in [-0.15, -0.1) is 0 Å². The van der Waals surface area contributed by atoms with Crippen LogP contribution in [0.1, 0.15) is 40.0 Å². The minimum Gasteiger partial charge on any atom is -0.393 e. The lowest BCUT2D eigenvalue weighted by molar-refractivity contribution is 0.110. The lowest BCUT2D eigenvalue weighted by Gasteiger charge is -2.35. The number of nitrogens with zero attached hydrogens (tertiary/aromatic N) is 2. The molecule has 17 heavy (non-hydrogen) atoms. The minimum atomic E-state index is -0.0859. The van der Waals surface area contributed by atoms with Gasteiger partial charge < -0.3 is 14.9 Å². The molecule has 3 nitrogen and oxygen atoms in total. The molecule has 0 aliphatic carbocycles. The van der Waals surface area contributed by atoms with Gasteiger partial charge in [0.25, 0.3) is 0 Å². The van der Waals surface area contributed by atoms with Crippen LogP contribution in [0.3, 0.4) is 0 Å². The van der Waals surface area contributed by atoms with Crippen molar-refractivity contribution in [3.8, 4) is 0 Å². The van der Waals surface area contributed by atoms with Gasteiger partial charge in [-0.25, -0.2) is 0 Å². The van der Waals surface area contributed by atoms with Crippen molar-refractivity contribution < 1.29 is 5.11 Å². The largest absolute Gasteiger partial charge is 0.393 e. The third-order valence-corrected chi connectivity index (χ3v) is 3.57. The van der Waals surface area contributed by atoms with E-state index in [1.165, 1.54) is 32.7 Å². The Bertz CT molecular complexity index is 189. The fourth-order valence-corrected chi connectivity index (χ4v) is 2.47. The molecule has 1 fully saturated rings. The summed E-state index contributed by atoms with van der Waals surface area (Å²) in [5.41, 5.74) is 0. The molecule has 0 bridgehead atoms. The van der Waals surface area contributed by atoms with Gasteiger partial charge in [-0.1, -0.05) is 20.8 Å². The van der Waals surface area contributed by atoms with E-state index in [0.29, 0.717) is 0 Å². The fourth-order valence-electron chi connectivity index (χ4n) is 2.47. The Morgan fingerprint density at radius 3 is 2.18 bits per heavy atom. The van der Waals surface area contributed by atoms with Gasteiger partial charge in [0.1, 0.15) is 0 Å². The smallest absolute Gasteiger partial charge is 0.0538 e. The average molecular weight is 242 g/mol. The van der Waals surface area contributed by atoms with Gasteiger partial charge in [0, 0.05) is 32.7 Å². The second-order valence-electron chi connectivity index (χ2n) is 5.74. The molecular formula is C14H30N2O. The molecule has 1 atom stereocenters. The monoisotopic (exact) mass is 242 g/mol. The van der Waals surface area contributed by atoms with Crippen molar-refractivity contribution in [1.29, 1.82) is 0 Å². The quantitative estimate of drug-likeness (QED) is 0.737. The first-order valence-corrected chi connectivity index (χ1v) is 7.24. The molecule has 0 saturated carbocycles. The zero-order chi connectivity index (χ0) is 12.7. The first-order valence-electron chi connectivity index (χ1n) is 7.24. The SMILES string of the molecule is CCC(O)CCCN1CCN(CC(C)C)CC1. The second kappa shape index (κ2) is 8.06. The Balaban J connectivity index is 2.06. The van der Waals surface area contributed by atoms with Crippen LogP contribution in [-0.2, 0) is 0 Å². The summed E-state index contributed by atoms with van der Waals surface area (Å²) in [6.45, 7) is 13.9. The number of hydrogen-bond donors (Lipinski definition) is 1. The van der Waals surface area contributed by atoms with Crippen LogP contribution in [0.4, 0.5) is 0 Å². The summed E-state index contributed by atoms with van der Waals surface area (Å²) in [4.78, 5) is 5.11. The maximum absolute atomic E-state index is 9.50. The van der Waals surface area contributed by atoms with Crippen molar-refractivity contribution in [2.45, 2.75) is 46.1 Å². The third kappa shape index (κ3) is 6.39. The highest BCUT2D eigenvalue weighted by molar-refractivity contribution is 4.72. The summed E-state index contributed by atoms with van der Waals surface area (Å²) in [5, 5.41) is 9.50.